The van der Waals surface area contributed by atoms with E-state index in [1.807, 2.05) is 17.1 Å². The van der Waals surface area contributed by atoms with Gasteiger partial charge in [0.2, 0.25) is 6.54 Å². The Labute approximate surface area is 331 Å². The maximum Gasteiger partial charge on any atom is 0.237 e. The number of methoxy groups -OCH3 is 4. The van der Waals surface area contributed by atoms with E-state index in [0.717, 1.165) is 59.3 Å². The largest absolute Gasteiger partial charge is 0.383 e. The number of allylic oxidation sites excluding steroid dienone is 1. The predicted octanol–water partition coefficient (Wildman–Crippen LogP) is 7.00. The SMILES string of the molecule is C.C.[C-]#[N+]/C=C(/C1CCCC1)n1cc(-c2ncnc(N)c2CC(OC)OC)cn1.[C-]#[N+]C[C@H](C1CCCC1)n1cc(-c2ncnc(N)c2CC(OC)OC)cn1. The Morgan fingerprint density at radius 2 is 1.27 bits per heavy atom. The van der Waals surface area contributed by atoms with Crippen molar-refractivity contribution in [2.45, 2.75) is 97.7 Å². The quantitative estimate of drug-likeness (QED) is 0.0933. The van der Waals surface area contributed by atoms with Crippen LogP contribution in [-0.4, -0.2) is 87.1 Å². The second-order valence-corrected chi connectivity index (χ2v) is 13.4. The fourth-order valence-electron chi connectivity index (χ4n) is 7.36. The summed E-state index contributed by atoms with van der Waals surface area (Å²) in [5, 5.41) is 9.04. The number of rotatable bonds is 15. The van der Waals surface area contributed by atoms with Crippen molar-refractivity contribution in [2.24, 2.45) is 11.8 Å². The monoisotopic (exact) mass is 770 g/mol. The van der Waals surface area contributed by atoms with Gasteiger partial charge in [0.1, 0.15) is 30.3 Å². The van der Waals surface area contributed by atoms with Crippen LogP contribution in [0.4, 0.5) is 11.6 Å². The zero-order chi connectivity index (χ0) is 38.5. The first kappa shape index (κ1) is 45.1. The van der Waals surface area contributed by atoms with Gasteiger partial charge in [-0.2, -0.15) is 10.2 Å². The molecule has 2 fully saturated rings. The first-order valence-corrected chi connectivity index (χ1v) is 18.1. The lowest BCUT2D eigenvalue weighted by Crippen LogP contribution is -2.20. The molecule has 2 aliphatic carbocycles. The summed E-state index contributed by atoms with van der Waals surface area (Å²) in [6.07, 6.45) is 21.2. The van der Waals surface area contributed by atoms with Crippen LogP contribution < -0.4 is 11.5 Å². The number of nitrogen functional groups attached to an aromatic ring is 2. The van der Waals surface area contributed by atoms with Crippen molar-refractivity contribution < 1.29 is 18.9 Å². The van der Waals surface area contributed by atoms with Gasteiger partial charge in [0.05, 0.1) is 30.4 Å². The van der Waals surface area contributed by atoms with Crippen molar-refractivity contribution >= 4 is 17.3 Å². The molecule has 2 saturated carbocycles. The third-order valence-corrected chi connectivity index (χ3v) is 10.3. The highest BCUT2D eigenvalue weighted by Crippen LogP contribution is 2.36. The van der Waals surface area contributed by atoms with Crippen LogP contribution in [0.15, 0.2) is 43.6 Å². The molecule has 0 aromatic carbocycles. The van der Waals surface area contributed by atoms with Crippen LogP contribution in [-0.2, 0) is 31.8 Å². The molecule has 302 valence electrons. The predicted molar refractivity (Wildman–Crippen MR) is 217 cm³/mol. The van der Waals surface area contributed by atoms with Crippen LogP contribution in [0.25, 0.3) is 37.9 Å². The zero-order valence-corrected chi connectivity index (χ0v) is 31.5. The van der Waals surface area contributed by atoms with Crippen LogP contribution >= 0.6 is 0 Å². The minimum absolute atomic E-state index is 0. The van der Waals surface area contributed by atoms with Crippen molar-refractivity contribution in [3.05, 3.63) is 77.6 Å². The minimum atomic E-state index is -0.442. The summed E-state index contributed by atoms with van der Waals surface area (Å²) in [6.45, 7) is 15.0. The van der Waals surface area contributed by atoms with Gasteiger partial charge < -0.3 is 35.3 Å². The minimum Gasteiger partial charge on any atom is -0.383 e. The number of nitrogens with two attached hydrogens (primary N) is 2. The Morgan fingerprint density at radius 3 is 1.77 bits per heavy atom. The van der Waals surface area contributed by atoms with E-state index in [1.165, 1.54) is 38.3 Å². The van der Waals surface area contributed by atoms with Crippen molar-refractivity contribution in [2.75, 3.05) is 46.5 Å². The van der Waals surface area contributed by atoms with Crippen molar-refractivity contribution in [1.82, 2.24) is 39.5 Å². The van der Waals surface area contributed by atoms with Gasteiger partial charge in [-0.3, -0.25) is 9.36 Å². The maximum atomic E-state index is 7.32. The summed E-state index contributed by atoms with van der Waals surface area (Å²) in [6, 6.07) is 0.104. The fraction of sp³-hybridized carbons (Fsp3) is 0.550. The molecule has 4 aromatic rings. The number of hydrogen-bond donors (Lipinski definition) is 2. The first-order valence-electron chi connectivity index (χ1n) is 18.1. The normalized spacial score (nSPS) is 15.1. The average Bonchev–Trinajstić information content (AvgIpc) is 4.04. The molecule has 0 bridgehead atoms. The molecule has 6 rings (SSSR count). The Bertz CT molecular complexity index is 1910. The summed E-state index contributed by atoms with van der Waals surface area (Å²) < 4.78 is 24.9. The number of anilines is 2. The van der Waals surface area contributed by atoms with Crippen molar-refractivity contribution in [3.63, 3.8) is 0 Å². The summed E-state index contributed by atoms with van der Waals surface area (Å²) in [4.78, 5) is 24.2. The van der Waals surface area contributed by atoms with E-state index >= 15 is 0 Å². The van der Waals surface area contributed by atoms with E-state index in [1.54, 1.807) is 51.7 Å². The van der Waals surface area contributed by atoms with Gasteiger partial charge >= 0.3 is 0 Å². The molecular formula is C40H58N12O4. The highest BCUT2D eigenvalue weighted by Gasteiger charge is 2.30. The van der Waals surface area contributed by atoms with Gasteiger partial charge in [-0.1, -0.05) is 40.5 Å². The number of nitrogens with zero attached hydrogens (tertiary/aromatic N) is 10. The molecule has 0 unspecified atom stereocenters. The van der Waals surface area contributed by atoms with Crippen molar-refractivity contribution in [3.8, 4) is 22.5 Å². The molecule has 0 spiro atoms. The third kappa shape index (κ3) is 10.9. The van der Waals surface area contributed by atoms with Gasteiger partial charge in [0, 0.05) is 81.6 Å². The molecular weight excluding hydrogens is 713 g/mol. The van der Waals surface area contributed by atoms with Crippen LogP contribution in [0.1, 0.15) is 83.4 Å². The summed E-state index contributed by atoms with van der Waals surface area (Å²) >= 11 is 0. The maximum absolute atomic E-state index is 7.32. The Kier molecular flexibility index (Phi) is 18.0. The van der Waals surface area contributed by atoms with E-state index in [0.29, 0.717) is 48.6 Å². The molecule has 4 heterocycles. The second-order valence-electron chi connectivity index (χ2n) is 13.4. The molecule has 16 heteroatoms. The van der Waals surface area contributed by atoms with E-state index in [-0.39, 0.29) is 20.9 Å². The summed E-state index contributed by atoms with van der Waals surface area (Å²) in [7, 11) is 6.33. The van der Waals surface area contributed by atoms with E-state index < -0.39 is 12.6 Å². The lowest BCUT2D eigenvalue weighted by molar-refractivity contribution is -0.100. The third-order valence-electron chi connectivity index (χ3n) is 10.3. The average molecular weight is 771 g/mol. The lowest BCUT2D eigenvalue weighted by Gasteiger charge is -2.19. The van der Waals surface area contributed by atoms with E-state index in [2.05, 4.69) is 39.8 Å². The van der Waals surface area contributed by atoms with Gasteiger partial charge in [-0.05, 0) is 37.5 Å². The molecule has 0 aliphatic heterocycles. The number of ether oxygens (including phenoxy) is 4. The molecule has 56 heavy (non-hydrogen) atoms. The lowest BCUT2D eigenvalue weighted by atomic mass is 9.98. The van der Waals surface area contributed by atoms with Crippen LogP contribution in [0.2, 0.25) is 0 Å². The highest BCUT2D eigenvalue weighted by atomic mass is 16.7. The van der Waals surface area contributed by atoms with E-state index in [9.17, 15) is 0 Å². The molecule has 2 aliphatic rings. The van der Waals surface area contributed by atoms with Crippen LogP contribution in [0.5, 0.6) is 0 Å². The van der Waals surface area contributed by atoms with Gasteiger partial charge in [-0.25, -0.2) is 31.4 Å². The molecule has 16 nitrogen and oxygen atoms in total. The zero-order valence-electron chi connectivity index (χ0n) is 31.5. The van der Waals surface area contributed by atoms with Gasteiger partial charge in [0.15, 0.2) is 18.8 Å². The molecule has 1 atom stereocenters. The summed E-state index contributed by atoms with van der Waals surface area (Å²) in [5.41, 5.74) is 17.7. The van der Waals surface area contributed by atoms with Crippen LogP contribution in [0, 0.1) is 25.0 Å². The fourth-order valence-corrected chi connectivity index (χ4v) is 7.36. The second kappa shape index (κ2) is 22.3. The number of hydrogen-bond acceptors (Lipinski definition) is 12. The molecule has 0 saturated heterocycles. The first-order chi connectivity index (χ1) is 26.3. The summed E-state index contributed by atoms with van der Waals surface area (Å²) in [5.74, 6) is 1.67. The number of aromatic nitrogens is 8. The Hall–Kier alpha value is -5.26. The smallest absolute Gasteiger partial charge is 0.237 e. The van der Waals surface area contributed by atoms with Gasteiger partial charge in [-0.15, -0.1) is 0 Å². The van der Waals surface area contributed by atoms with Gasteiger partial charge in [0.25, 0.3) is 0 Å². The standard InChI is InChI=1S/C19H26N6O2.C19H24N6O2.2CH4/c2*1-21-10-16(13-6-4-5-7-13)25-11-14(9-24-25)18-15(8-17(26-2)27-3)19(20)23-12-22-18;;/h9,11-13,16-17H,4-8,10H2,2-3H3,(H2,20,22,23);9-13,17H,4-8H2,2-3H3,(H2,20,22,23);2*1H4/b;16-10-;;/t16-;;;/m1.../s1. The molecule has 0 amide bonds. The Balaban J connectivity index is 0.000000290. The highest BCUT2D eigenvalue weighted by molar-refractivity contribution is 5.68. The van der Waals surface area contributed by atoms with Crippen LogP contribution in [0.3, 0.4) is 0 Å². The van der Waals surface area contributed by atoms with E-state index in [4.69, 9.17) is 43.6 Å². The topological polar surface area (TPSA) is 185 Å². The molecule has 4 aromatic heterocycles. The molecule has 4 N–H and O–H groups in total. The van der Waals surface area contributed by atoms with Crippen molar-refractivity contribution in [1.29, 1.82) is 0 Å². The molecule has 0 radical (unpaired) electrons. The Morgan fingerprint density at radius 1 is 0.768 bits per heavy atom.